The molecular formula is C21H32O3. The zero-order valence-electron chi connectivity index (χ0n) is 15.3. The molecule has 0 aromatic rings. The van der Waals surface area contributed by atoms with Crippen molar-refractivity contribution < 1.29 is 14.3 Å². The molecule has 0 bridgehead atoms. The van der Waals surface area contributed by atoms with Gasteiger partial charge in [-0.15, -0.1) is 0 Å². The topological polar surface area (TPSA) is 43.4 Å². The molecule has 0 heterocycles. The first-order valence-electron chi connectivity index (χ1n) is 9.33. The van der Waals surface area contributed by atoms with Gasteiger partial charge in [0.25, 0.3) is 0 Å². The molecule has 0 saturated carbocycles. The van der Waals surface area contributed by atoms with Crippen molar-refractivity contribution in [2.24, 2.45) is 5.92 Å². The molecule has 1 rings (SSSR count). The predicted molar refractivity (Wildman–Crippen MR) is 98.7 cm³/mol. The molecule has 3 nitrogen and oxygen atoms in total. The van der Waals surface area contributed by atoms with E-state index < -0.39 is 0 Å². The summed E-state index contributed by atoms with van der Waals surface area (Å²) in [5, 5.41) is 0. The highest BCUT2D eigenvalue weighted by Gasteiger charge is 2.21. The molecule has 0 aromatic heterocycles. The average Bonchev–Trinajstić information content (AvgIpc) is 2.94. The van der Waals surface area contributed by atoms with Crippen molar-refractivity contribution in [3.05, 3.63) is 36.0 Å². The molecule has 0 N–H and O–H groups in total. The molecule has 0 spiro atoms. The van der Waals surface area contributed by atoms with E-state index in [4.69, 9.17) is 0 Å². The second kappa shape index (κ2) is 12.7. The standard InChI is InChI=1S/C21H32O3/c1-3-4-5-6-7-11-14-19-18(16-17-20(19)22)13-10-8-9-12-15-21(23)24-2/h8,10,14,16-18H,3-7,9,11-13,15H2,1-2H3/b10-8-,19-14+/t18-/m0/s1. The third-order valence-electron chi connectivity index (χ3n) is 4.37. The zero-order chi connectivity index (χ0) is 17.6. The van der Waals surface area contributed by atoms with E-state index >= 15 is 0 Å². The van der Waals surface area contributed by atoms with Crippen LogP contribution in [-0.4, -0.2) is 18.9 Å². The van der Waals surface area contributed by atoms with Crippen LogP contribution in [0.25, 0.3) is 0 Å². The molecular weight excluding hydrogens is 300 g/mol. The van der Waals surface area contributed by atoms with Gasteiger partial charge in [0.15, 0.2) is 5.78 Å². The highest BCUT2D eigenvalue weighted by molar-refractivity contribution is 6.07. The summed E-state index contributed by atoms with van der Waals surface area (Å²) < 4.78 is 4.62. The van der Waals surface area contributed by atoms with E-state index in [9.17, 15) is 9.59 Å². The number of esters is 1. The first-order valence-corrected chi connectivity index (χ1v) is 9.33. The van der Waals surface area contributed by atoms with Crippen LogP contribution in [0.5, 0.6) is 0 Å². The van der Waals surface area contributed by atoms with E-state index in [1.807, 2.05) is 6.08 Å². The molecule has 0 saturated heterocycles. The van der Waals surface area contributed by atoms with Gasteiger partial charge in [-0.25, -0.2) is 0 Å². The van der Waals surface area contributed by atoms with Gasteiger partial charge in [0.2, 0.25) is 0 Å². The predicted octanol–water partition coefficient (Wildman–Crippen LogP) is 5.32. The first kappa shape index (κ1) is 20.4. The molecule has 0 fully saturated rings. The van der Waals surface area contributed by atoms with Crippen molar-refractivity contribution in [3.63, 3.8) is 0 Å². The Balaban J connectivity index is 2.28. The number of methoxy groups -OCH3 is 1. The Labute approximate surface area is 146 Å². The maximum Gasteiger partial charge on any atom is 0.305 e. The summed E-state index contributed by atoms with van der Waals surface area (Å²) in [6, 6.07) is 0. The maximum absolute atomic E-state index is 12.0. The fraction of sp³-hybridized carbons (Fsp3) is 0.619. The Morgan fingerprint density at radius 3 is 2.67 bits per heavy atom. The highest BCUT2D eigenvalue weighted by Crippen LogP contribution is 2.26. The van der Waals surface area contributed by atoms with E-state index in [2.05, 4.69) is 29.9 Å². The van der Waals surface area contributed by atoms with E-state index in [0.717, 1.165) is 31.3 Å². The Kier molecular flexibility index (Phi) is 10.8. The SMILES string of the molecule is CCCCCCC/C=C1/C(=O)C=C[C@@H]1C/C=C\CCCC(=O)OC. The van der Waals surface area contributed by atoms with Crippen LogP contribution in [0, 0.1) is 5.92 Å². The van der Waals surface area contributed by atoms with Crippen LogP contribution in [0.2, 0.25) is 0 Å². The van der Waals surface area contributed by atoms with Crippen LogP contribution < -0.4 is 0 Å². The highest BCUT2D eigenvalue weighted by atomic mass is 16.5. The lowest BCUT2D eigenvalue weighted by atomic mass is 9.96. The van der Waals surface area contributed by atoms with Crippen molar-refractivity contribution in [2.45, 2.75) is 71.1 Å². The van der Waals surface area contributed by atoms with E-state index in [1.165, 1.54) is 39.2 Å². The molecule has 1 atom stereocenters. The minimum Gasteiger partial charge on any atom is -0.469 e. The maximum atomic E-state index is 12.0. The van der Waals surface area contributed by atoms with Gasteiger partial charge in [0.05, 0.1) is 7.11 Å². The molecule has 0 aromatic carbocycles. The minimum atomic E-state index is -0.156. The van der Waals surface area contributed by atoms with Crippen molar-refractivity contribution in [3.8, 4) is 0 Å². The summed E-state index contributed by atoms with van der Waals surface area (Å²) >= 11 is 0. The summed E-state index contributed by atoms with van der Waals surface area (Å²) in [6.07, 6.45) is 20.4. The summed E-state index contributed by atoms with van der Waals surface area (Å²) in [5.41, 5.74) is 0.963. The molecule has 134 valence electrons. The molecule has 24 heavy (non-hydrogen) atoms. The van der Waals surface area contributed by atoms with Crippen LogP contribution in [0.4, 0.5) is 0 Å². The van der Waals surface area contributed by atoms with Gasteiger partial charge in [0.1, 0.15) is 0 Å². The monoisotopic (exact) mass is 332 g/mol. The average molecular weight is 332 g/mol. The zero-order valence-corrected chi connectivity index (χ0v) is 15.3. The fourth-order valence-electron chi connectivity index (χ4n) is 2.88. The molecule has 0 unspecified atom stereocenters. The van der Waals surface area contributed by atoms with Gasteiger partial charge in [-0.3, -0.25) is 9.59 Å². The van der Waals surface area contributed by atoms with Gasteiger partial charge in [-0.05, 0) is 38.2 Å². The van der Waals surface area contributed by atoms with E-state index in [1.54, 1.807) is 6.08 Å². The number of ether oxygens (including phenoxy) is 1. The van der Waals surface area contributed by atoms with E-state index in [-0.39, 0.29) is 17.7 Å². The third-order valence-corrected chi connectivity index (χ3v) is 4.37. The second-order valence-corrected chi connectivity index (χ2v) is 6.37. The normalized spacial score (nSPS) is 18.8. The minimum absolute atomic E-state index is 0.156. The van der Waals surface area contributed by atoms with Crippen LogP contribution >= 0.6 is 0 Å². The van der Waals surface area contributed by atoms with Crippen LogP contribution in [0.15, 0.2) is 36.0 Å². The summed E-state index contributed by atoms with van der Waals surface area (Å²) in [7, 11) is 1.42. The van der Waals surface area contributed by atoms with Crippen LogP contribution in [-0.2, 0) is 14.3 Å². The Hall–Kier alpha value is -1.64. The number of carbonyl (C=O) groups is 2. The number of ketones is 1. The van der Waals surface area contributed by atoms with Crippen molar-refractivity contribution in [1.29, 1.82) is 0 Å². The molecule has 1 aliphatic carbocycles. The fourth-order valence-corrected chi connectivity index (χ4v) is 2.88. The lowest BCUT2D eigenvalue weighted by Crippen LogP contribution is -2.02. The number of unbranched alkanes of at least 4 members (excludes halogenated alkanes) is 6. The number of allylic oxidation sites excluding steroid dienone is 6. The Morgan fingerprint density at radius 2 is 1.92 bits per heavy atom. The van der Waals surface area contributed by atoms with Gasteiger partial charge < -0.3 is 4.74 Å². The Bertz CT molecular complexity index is 471. The largest absolute Gasteiger partial charge is 0.469 e. The van der Waals surface area contributed by atoms with Crippen molar-refractivity contribution in [2.75, 3.05) is 7.11 Å². The van der Waals surface area contributed by atoms with Crippen molar-refractivity contribution >= 4 is 11.8 Å². The van der Waals surface area contributed by atoms with E-state index in [0.29, 0.717) is 6.42 Å². The number of rotatable bonds is 12. The second-order valence-electron chi connectivity index (χ2n) is 6.37. The summed E-state index contributed by atoms with van der Waals surface area (Å²) in [5.74, 6) is 0.245. The molecule has 0 radical (unpaired) electrons. The van der Waals surface area contributed by atoms with Crippen molar-refractivity contribution in [1.82, 2.24) is 0 Å². The lowest BCUT2D eigenvalue weighted by molar-refractivity contribution is -0.140. The van der Waals surface area contributed by atoms with Gasteiger partial charge in [-0.1, -0.05) is 56.9 Å². The smallest absolute Gasteiger partial charge is 0.305 e. The Morgan fingerprint density at radius 1 is 1.12 bits per heavy atom. The molecule has 1 aliphatic rings. The molecule has 3 heteroatoms. The molecule has 0 aliphatic heterocycles. The van der Waals surface area contributed by atoms with Crippen LogP contribution in [0.1, 0.15) is 71.1 Å². The van der Waals surface area contributed by atoms with Gasteiger partial charge in [0, 0.05) is 17.9 Å². The summed E-state index contributed by atoms with van der Waals surface area (Å²) in [4.78, 5) is 23.0. The number of hydrogen-bond donors (Lipinski definition) is 0. The first-order chi connectivity index (χ1) is 11.7. The third kappa shape index (κ3) is 8.28. The van der Waals surface area contributed by atoms with Crippen LogP contribution in [0.3, 0.4) is 0 Å². The molecule has 0 amide bonds. The quantitative estimate of drug-likeness (QED) is 0.210. The van der Waals surface area contributed by atoms with Gasteiger partial charge >= 0.3 is 5.97 Å². The number of hydrogen-bond acceptors (Lipinski definition) is 3. The summed E-state index contributed by atoms with van der Waals surface area (Å²) in [6.45, 7) is 2.22. The lowest BCUT2D eigenvalue weighted by Gasteiger charge is -2.07. The number of carbonyl (C=O) groups excluding carboxylic acids is 2. The van der Waals surface area contributed by atoms with Gasteiger partial charge in [-0.2, -0.15) is 0 Å².